The van der Waals surface area contributed by atoms with Crippen LogP contribution in [0.25, 0.3) is 0 Å². The minimum atomic E-state index is 0.182. The van der Waals surface area contributed by atoms with Gasteiger partial charge in [-0.15, -0.1) is 11.8 Å². The molecule has 3 heteroatoms. The van der Waals surface area contributed by atoms with Crippen molar-refractivity contribution in [2.45, 2.75) is 44.0 Å². The zero-order valence-corrected chi connectivity index (χ0v) is 13.2. The van der Waals surface area contributed by atoms with E-state index < -0.39 is 0 Å². The molecule has 1 atom stereocenters. The van der Waals surface area contributed by atoms with Gasteiger partial charge in [-0.25, -0.2) is 4.98 Å². The highest BCUT2D eigenvalue weighted by Crippen LogP contribution is 2.25. The number of benzene rings is 1. The van der Waals surface area contributed by atoms with Crippen molar-refractivity contribution in [2.24, 2.45) is 5.73 Å². The Hall–Kier alpha value is -1.32. The highest BCUT2D eigenvalue weighted by molar-refractivity contribution is 7.98. The molecule has 2 nitrogen and oxygen atoms in total. The molecule has 0 saturated carbocycles. The maximum atomic E-state index is 5.83. The number of pyridine rings is 1. The molecule has 0 aliphatic rings. The Kier molecular flexibility index (Phi) is 5.21. The van der Waals surface area contributed by atoms with Crippen molar-refractivity contribution in [3.05, 3.63) is 58.8 Å². The van der Waals surface area contributed by atoms with E-state index in [9.17, 15) is 0 Å². The van der Waals surface area contributed by atoms with Crippen molar-refractivity contribution in [1.29, 1.82) is 0 Å². The number of nitrogens with two attached hydrogens (primary N) is 1. The molecule has 1 aromatic heterocycles. The van der Waals surface area contributed by atoms with Crippen molar-refractivity contribution in [2.75, 3.05) is 0 Å². The van der Waals surface area contributed by atoms with Gasteiger partial charge in [0.25, 0.3) is 0 Å². The highest BCUT2D eigenvalue weighted by atomic mass is 32.2. The number of thioether (sulfide) groups is 1. The lowest BCUT2D eigenvalue weighted by Gasteiger charge is -2.10. The van der Waals surface area contributed by atoms with Crippen LogP contribution < -0.4 is 5.73 Å². The van der Waals surface area contributed by atoms with Crippen LogP contribution in [0.3, 0.4) is 0 Å². The van der Waals surface area contributed by atoms with Gasteiger partial charge in [-0.3, -0.25) is 0 Å². The monoisotopic (exact) mass is 286 g/mol. The average molecular weight is 286 g/mol. The van der Waals surface area contributed by atoms with Crippen molar-refractivity contribution in [1.82, 2.24) is 4.98 Å². The number of nitrogens with zero attached hydrogens (tertiary/aromatic N) is 1. The zero-order chi connectivity index (χ0) is 14.5. The SMILES string of the molecule is Cc1ccccc1CSc1ncc(CC(C)N)cc1C. The molecule has 1 heterocycles. The minimum absolute atomic E-state index is 0.182. The van der Waals surface area contributed by atoms with Crippen molar-refractivity contribution >= 4 is 11.8 Å². The predicted molar refractivity (Wildman–Crippen MR) is 87.1 cm³/mol. The lowest BCUT2D eigenvalue weighted by Crippen LogP contribution is -2.17. The summed E-state index contributed by atoms with van der Waals surface area (Å²) in [7, 11) is 0. The Morgan fingerprint density at radius 3 is 2.60 bits per heavy atom. The van der Waals surface area contributed by atoms with Crippen LogP contribution in [0.2, 0.25) is 0 Å². The number of hydrogen-bond donors (Lipinski definition) is 1. The molecule has 0 amide bonds. The molecule has 1 unspecified atom stereocenters. The number of aryl methyl sites for hydroxylation is 2. The standard InChI is InChI=1S/C17H22N2S/c1-12-6-4-5-7-16(12)11-20-17-13(2)8-15(10-19-17)9-14(3)18/h4-8,10,14H,9,11,18H2,1-3H3. The molecular weight excluding hydrogens is 264 g/mol. The zero-order valence-electron chi connectivity index (χ0n) is 12.4. The summed E-state index contributed by atoms with van der Waals surface area (Å²) in [4.78, 5) is 4.58. The molecule has 106 valence electrons. The molecule has 0 aliphatic heterocycles. The van der Waals surface area contributed by atoms with Crippen LogP contribution in [0.15, 0.2) is 41.6 Å². The summed E-state index contributed by atoms with van der Waals surface area (Å²) in [5.74, 6) is 0.965. The Balaban J connectivity index is 2.05. The first-order chi connectivity index (χ1) is 9.56. The van der Waals surface area contributed by atoms with E-state index in [-0.39, 0.29) is 6.04 Å². The average Bonchev–Trinajstić information content (AvgIpc) is 2.39. The van der Waals surface area contributed by atoms with E-state index in [2.05, 4.69) is 49.2 Å². The number of hydrogen-bond acceptors (Lipinski definition) is 3. The van der Waals surface area contributed by atoms with Gasteiger partial charge in [-0.05, 0) is 49.4 Å². The van der Waals surface area contributed by atoms with Gasteiger partial charge >= 0.3 is 0 Å². The third-order valence-electron chi connectivity index (χ3n) is 3.27. The summed E-state index contributed by atoms with van der Waals surface area (Å²) in [6.07, 6.45) is 2.84. The smallest absolute Gasteiger partial charge is 0.0992 e. The first-order valence-corrected chi connectivity index (χ1v) is 7.93. The third kappa shape index (κ3) is 4.09. The minimum Gasteiger partial charge on any atom is -0.328 e. The van der Waals surface area contributed by atoms with Gasteiger partial charge in [0, 0.05) is 18.0 Å². The Labute approximate surface area is 125 Å². The van der Waals surface area contributed by atoms with Crippen molar-refractivity contribution in [3.8, 4) is 0 Å². The van der Waals surface area contributed by atoms with Gasteiger partial charge in [0.15, 0.2) is 0 Å². The third-order valence-corrected chi connectivity index (χ3v) is 4.43. The summed E-state index contributed by atoms with van der Waals surface area (Å²) >= 11 is 1.80. The van der Waals surface area contributed by atoms with Gasteiger partial charge in [0.2, 0.25) is 0 Å². The molecule has 0 bridgehead atoms. The number of rotatable bonds is 5. The van der Waals surface area contributed by atoms with Crippen LogP contribution >= 0.6 is 11.8 Å². The summed E-state index contributed by atoms with van der Waals surface area (Å²) in [6, 6.07) is 10.9. The van der Waals surface area contributed by atoms with E-state index in [0.717, 1.165) is 17.2 Å². The summed E-state index contributed by atoms with van der Waals surface area (Å²) in [5.41, 5.74) is 11.0. The molecule has 0 saturated heterocycles. The highest BCUT2D eigenvalue weighted by Gasteiger charge is 2.06. The second kappa shape index (κ2) is 6.91. The summed E-state index contributed by atoms with van der Waals surface area (Å²) in [6.45, 7) is 6.30. The van der Waals surface area contributed by atoms with Crippen LogP contribution in [0.5, 0.6) is 0 Å². The van der Waals surface area contributed by atoms with E-state index in [1.807, 2.05) is 13.1 Å². The summed E-state index contributed by atoms with van der Waals surface area (Å²) < 4.78 is 0. The van der Waals surface area contributed by atoms with Crippen molar-refractivity contribution in [3.63, 3.8) is 0 Å². The molecule has 0 aliphatic carbocycles. The molecular formula is C17H22N2S. The Morgan fingerprint density at radius 1 is 1.20 bits per heavy atom. The largest absolute Gasteiger partial charge is 0.328 e. The Morgan fingerprint density at radius 2 is 1.95 bits per heavy atom. The molecule has 0 fully saturated rings. The fraction of sp³-hybridized carbons (Fsp3) is 0.353. The quantitative estimate of drug-likeness (QED) is 0.848. The lowest BCUT2D eigenvalue weighted by atomic mass is 10.1. The van der Waals surface area contributed by atoms with E-state index in [0.29, 0.717) is 0 Å². The van der Waals surface area contributed by atoms with Gasteiger partial charge < -0.3 is 5.73 Å². The van der Waals surface area contributed by atoms with Gasteiger partial charge in [-0.1, -0.05) is 30.3 Å². The number of aromatic nitrogens is 1. The topological polar surface area (TPSA) is 38.9 Å². The predicted octanol–water partition coefficient (Wildman–Crippen LogP) is 3.88. The van der Waals surface area contributed by atoms with E-state index in [4.69, 9.17) is 5.73 Å². The molecule has 0 radical (unpaired) electrons. The van der Waals surface area contributed by atoms with E-state index in [1.54, 1.807) is 11.8 Å². The maximum Gasteiger partial charge on any atom is 0.0992 e. The van der Waals surface area contributed by atoms with Crippen LogP contribution in [0.4, 0.5) is 0 Å². The van der Waals surface area contributed by atoms with Gasteiger partial charge in [0.1, 0.15) is 0 Å². The second-order valence-corrected chi connectivity index (χ2v) is 6.33. The van der Waals surface area contributed by atoms with Gasteiger partial charge in [0.05, 0.1) is 5.03 Å². The molecule has 2 rings (SSSR count). The fourth-order valence-electron chi connectivity index (χ4n) is 2.17. The van der Waals surface area contributed by atoms with Crippen LogP contribution in [-0.2, 0) is 12.2 Å². The van der Waals surface area contributed by atoms with E-state index >= 15 is 0 Å². The molecule has 0 spiro atoms. The Bertz CT molecular complexity index is 579. The molecule has 20 heavy (non-hydrogen) atoms. The first-order valence-electron chi connectivity index (χ1n) is 6.94. The molecule has 2 N–H and O–H groups in total. The summed E-state index contributed by atoms with van der Waals surface area (Å²) in [5, 5.41) is 1.11. The van der Waals surface area contributed by atoms with Crippen molar-refractivity contribution < 1.29 is 0 Å². The van der Waals surface area contributed by atoms with E-state index in [1.165, 1.54) is 22.3 Å². The lowest BCUT2D eigenvalue weighted by molar-refractivity contribution is 0.733. The fourth-order valence-corrected chi connectivity index (χ4v) is 3.20. The first kappa shape index (κ1) is 15.1. The molecule has 1 aromatic carbocycles. The molecule has 2 aromatic rings. The normalized spacial score (nSPS) is 12.4. The second-order valence-electron chi connectivity index (χ2n) is 5.36. The van der Waals surface area contributed by atoms with Crippen LogP contribution in [-0.4, -0.2) is 11.0 Å². The van der Waals surface area contributed by atoms with Crippen LogP contribution in [0.1, 0.15) is 29.2 Å². The van der Waals surface area contributed by atoms with Gasteiger partial charge in [-0.2, -0.15) is 0 Å². The van der Waals surface area contributed by atoms with Crippen LogP contribution in [0, 0.1) is 13.8 Å². The maximum absolute atomic E-state index is 5.83.